The fourth-order valence-electron chi connectivity index (χ4n) is 3.05. The first kappa shape index (κ1) is 15.2. The van der Waals surface area contributed by atoms with Gasteiger partial charge in [0.05, 0.1) is 17.4 Å². The van der Waals surface area contributed by atoms with E-state index in [0.717, 1.165) is 42.1 Å². The lowest BCUT2D eigenvalue weighted by Gasteiger charge is -2.23. The summed E-state index contributed by atoms with van der Waals surface area (Å²) in [4.78, 5) is 19.3. The number of hydrogen-bond donors (Lipinski definition) is 0. The zero-order chi connectivity index (χ0) is 15.9. The molecular formula is C16H21N3O2S. The SMILES string of the molecule is Cc1noc(C)c1[C@@H]1CCCN1C(=O)c1nc(C(C)C)cs1. The molecule has 1 aliphatic rings. The van der Waals surface area contributed by atoms with E-state index >= 15 is 0 Å². The van der Waals surface area contributed by atoms with Gasteiger partial charge in [-0.2, -0.15) is 0 Å². The van der Waals surface area contributed by atoms with E-state index in [1.165, 1.54) is 11.3 Å². The predicted octanol–water partition coefficient (Wildman–Crippen LogP) is 3.85. The van der Waals surface area contributed by atoms with E-state index in [4.69, 9.17) is 4.52 Å². The largest absolute Gasteiger partial charge is 0.361 e. The van der Waals surface area contributed by atoms with Gasteiger partial charge in [-0.1, -0.05) is 19.0 Å². The summed E-state index contributed by atoms with van der Waals surface area (Å²) in [6.45, 7) is 8.80. The van der Waals surface area contributed by atoms with Gasteiger partial charge in [0.2, 0.25) is 0 Å². The van der Waals surface area contributed by atoms with Crippen molar-refractivity contribution >= 4 is 17.2 Å². The molecule has 0 radical (unpaired) electrons. The van der Waals surface area contributed by atoms with Crippen LogP contribution in [0.4, 0.5) is 0 Å². The van der Waals surface area contributed by atoms with E-state index in [9.17, 15) is 4.79 Å². The number of thiazole rings is 1. The van der Waals surface area contributed by atoms with Crippen molar-refractivity contribution in [2.45, 2.75) is 52.5 Å². The van der Waals surface area contributed by atoms with Crippen molar-refractivity contribution < 1.29 is 9.32 Å². The number of aromatic nitrogens is 2. The monoisotopic (exact) mass is 319 g/mol. The molecule has 5 nitrogen and oxygen atoms in total. The Morgan fingerprint density at radius 2 is 2.23 bits per heavy atom. The van der Waals surface area contributed by atoms with Gasteiger partial charge in [0, 0.05) is 17.5 Å². The minimum absolute atomic E-state index is 0.0272. The number of carbonyl (C=O) groups excluding carboxylic acids is 1. The van der Waals surface area contributed by atoms with Gasteiger partial charge in [-0.25, -0.2) is 4.98 Å². The van der Waals surface area contributed by atoms with Crippen molar-refractivity contribution in [2.24, 2.45) is 0 Å². The molecule has 2 aromatic heterocycles. The van der Waals surface area contributed by atoms with Crippen LogP contribution in [0, 0.1) is 13.8 Å². The van der Waals surface area contributed by atoms with E-state index in [1.54, 1.807) is 0 Å². The summed E-state index contributed by atoms with van der Waals surface area (Å²) in [5.41, 5.74) is 2.93. The second kappa shape index (κ2) is 5.83. The minimum Gasteiger partial charge on any atom is -0.361 e. The van der Waals surface area contributed by atoms with E-state index < -0.39 is 0 Å². The summed E-state index contributed by atoms with van der Waals surface area (Å²) in [7, 11) is 0. The van der Waals surface area contributed by atoms with Crippen LogP contribution in [0.3, 0.4) is 0 Å². The maximum Gasteiger partial charge on any atom is 0.283 e. The van der Waals surface area contributed by atoms with Crippen LogP contribution in [-0.4, -0.2) is 27.5 Å². The fraction of sp³-hybridized carbons (Fsp3) is 0.562. The molecule has 118 valence electrons. The predicted molar refractivity (Wildman–Crippen MR) is 85.2 cm³/mol. The van der Waals surface area contributed by atoms with Gasteiger partial charge in [0.15, 0.2) is 5.01 Å². The van der Waals surface area contributed by atoms with Crippen LogP contribution < -0.4 is 0 Å². The molecule has 0 aliphatic carbocycles. The molecule has 2 aromatic rings. The van der Waals surface area contributed by atoms with Crippen LogP contribution in [0.25, 0.3) is 0 Å². The maximum absolute atomic E-state index is 12.8. The topological polar surface area (TPSA) is 59.2 Å². The van der Waals surface area contributed by atoms with Gasteiger partial charge >= 0.3 is 0 Å². The summed E-state index contributed by atoms with van der Waals surface area (Å²) in [5.74, 6) is 1.18. The molecule has 0 unspecified atom stereocenters. The molecule has 3 rings (SSSR count). The third-order valence-electron chi connectivity index (χ3n) is 4.23. The van der Waals surface area contributed by atoms with Gasteiger partial charge in [-0.05, 0) is 32.6 Å². The number of hydrogen-bond acceptors (Lipinski definition) is 5. The second-order valence-corrected chi connectivity index (χ2v) is 6.98. The standard InChI is InChI=1S/C16H21N3O2S/c1-9(2)12-8-22-15(17-12)16(20)19-7-5-6-13(19)14-10(3)18-21-11(14)4/h8-9,13H,5-7H2,1-4H3/t13-/m0/s1. The van der Waals surface area contributed by atoms with Gasteiger partial charge in [-0.15, -0.1) is 11.3 Å². The van der Waals surface area contributed by atoms with Crippen molar-refractivity contribution in [1.82, 2.24) is 15.0 Å². The Hall–Kier alpha value is -1.69. The molecule has 0 N–H and O–H groups in total. The van der Waals surface area contributed by atoms with Crippen molar-refractivity contribution in [3.63, 3.8) is 0 Å². The Morgan fingerprint density at radius 3 is 2.82 bits per heavy atom. The maximum atomic E-state index is 12.8. The Labute approximate surface area is 134 Å². The molecule has 1 aliphatic heterocycles. The zero-order valence-electron chi connectivity index (χ0n) is 13.4. The summed E-state index contributed by atoms with van der Waals surface area (Å²) in [5, 5.41) is 6.60. The van der Waals surface area contributed by atoms with Crippen LogP contribution >= 0.6 is 11.3 Å². The van der Waals surface area contributed by atoms with Crippen molar-refractivity contribution in [3.8, 4) is 0 Å². The molecule has 0 spiro atoms. The first-order chi connectivity index (χ1) is 10.5. The van der Waals surface area contributed by atoms with Gasteiger partial charge in [0.25, 0.3) is 5.91 Å². The van der Waals surface area contributed by atoms with Crippen molar-refractivity contribution in [1.29, 1.82) is 0 Å². The van der Waals surface area contributed by atoms with Crippen molar-refractivity contribution in [2.75, 3.05) is 6.54 Å². The zero-order valence-corrected chi connectivity index (χ0v) is 14.2. The molecule has 6 heteroatoms. The van der Waals surface area contributed by atoms with Crippen LogP contribution in [0.1, 0.15) is 71.2 Å². The molecule has 0 aromatic carbocycles. The molecular weight excluding hydrogens is 298 g/mol. The summed E-state index contributed by atoms with van der Waals surface area (Å²) in [6.07, 6.45) is 1.96. The number of nitrogens with zero attached hydrogens (tertiary/aromatic N) is 3. The highest BCUT2D eigenvalue weighted by molar-refractivity contribution is 7.11. The third kappa shape index (κ3) is 2.56. The lowest BCUT2D eigenvalue weighted by Crippen LogP contribution is -2.31. The van der Waals surface area contributed by atoms with Crippen LogP contribution in [0.15, 0.2) is 9.90 Å². The van der Waals surface area contributed by atoms with Gasteiger partial charge in [-0.3, -0.25) is 4.79 Å². The quantitative estimate of drug-likeness (QED) is 0.862. The number of likely N-dealkylation sites (tertiary alicyclic amines) is 1. The van der Waals surface area contributed by atoms with E-state index in [1.807, 2.05) is 24.1 Å². The third-order valence-corrected chi connectivity index (χ3v) is 5.08. The first-order valence-electron chi connectivity index (χ1n) is 7.68. The number of aryl methyl sites for hydroxylation is 2. The molecule has 0 bridgehead atoms. The summed E-state index contributed by atoms with van der Waals surface area (Å²) >= 11 is 1.44. The van der Waals surface area contributed by atoms with Crippen LogP contribution in [0.5, 0.6) is 0 Å². The fourth-order valence-corrected chi connectivity index (χ4v) is 3.98. The van der Waals surface area contributed by atoms with Crippen LogP contribution in [-0.2, 0) is 0 Å². The normalized spacial score (nSPS) is 18.4. The Balaban J connectivity index is 1.88. The Bertz CT molecular complexity index is 670. The van der Waals surface area contributed by atoms with Gasteiger partial charge < -0.3 is 9.42 Å². The minimum atomic E-state index is 0.0272. The smallest absolute Gasteiger partial charge is 0.283 e. The average Bonchev–Trinajstić information content (AvgIpc) is 3.18. The average molecular weight is 319 g/mol. The lowest BCUT2D eigenvalue weighted by atomic mass is 10.0. The Kier molecular flexibility index (Phi) is 4.04. The molecule has 1 atom stereocenters. The van der Waals surface area contributed by atoms with Crippen LogP contribution in [0.2, 0.25) is 0 Å². The molecule has 1 saturated heterocycles. The second-order valence-electron chi connectivity index (χ2n) is 6.13. The highest BCUT2D eigenvalue weighted by Gasteiger charge is 2.35. The van der Waals surface area contributed by atoms with Gasteiger partial charge in [0.1, 0.15) is 5.76 Å². The lowest BCUT2D eigenvalue weighted by molar-refractivity contribution is 0.0734. The number of rotatable bonds is 3. The highest BCUT2D eigenvalue weighted by atomic mass is 32.1. The van der Waals surface area contributed by atoms with E-state index in [0.29, 0.717) is 10.9 Å². The summed E-state index contributed by atoms with van der Waals surface area (Å²) < 4.78 is 5.28. The van der Waals surface area contributed by atoms with E-state index in [2.05, 4.69) is 24.0 Å². The molecule has 3 heterocycles. The Morgan fingerprint density at radius 1 is 1.45 bits per heavy atom. The van der Waals surface area contributed by atoms with E-state index in [-0.39, 0.29) is 11.9 Å². The molecule has 0 saturated carbocycles. The molecule has 1 fully saturated rings. The van der Waals surface area contributed by atoms with Crippen molar-refractivity contribution in [3.05, 3.63) is 33.1 Å². The molecule has 1 amide bonds. The summed E-state index contributed by atoms with van der Waals surface area (Å²) in [6, 6.07) is 0.0603. The molecule has 22 heavy (non-hydrogen) atoms. The number of amides is 1. The number of carbonyl (C=O) groups is 1. The highest BCUT2D eigenvalue weighted by Crippen LogP contribution is 2.36. The first-order valence-corrected chi connectivity index (χ1v) is 8.56.